The Bertz CT molecular complexity index is 1790. The number of ether oxygens (including phenoxy) is 3. The summed E-state index contributed by atoms with van der Waals surface area (Å²) in [4.78, 5) is 0. The maximum absolute atomic E-state index is 15.6. The van der Waals surface area contributed by atoms with Crippen LogP contribution in [0.2, 0.25) is 0 Å². The highest BCUT2D eigenvalue weighted by Crippen LogP contribution is 2.64. The molecular formula is C31H18F19NO3. The largest absolute Gasteiger partial charge is 0.487 e. The summed E-state index contributed by atoms with van der Waals surface area (Å²) in [6, 6.07) is 11.4. The molecule has 54 heavy (non-hydrogen) atoms. The average molecular weight is 813 g/mol. The lowest BCUT2D eigenvalue weighted by Crippen LogP contribution is -2.74. The number of hydrogen-bond donors (Lipinski definition) is 0. The van der Waals surface area contributed by atoms with Crippen LogP contribution in [0.1, 0.15) is 23.1 Å². The number of hydrogen-bond acceptors (Lipinski definition) is 4. The number of nitriles is 1. The van der Waals surface area contributed by atoms with Crippen molar-refractivity contribution >= 4 is 0 Å². The predicted octanol–water partition coefficient (Wildman–Crippen LogP) is 11.8. The van der Waals surface area contributed by atoms with Crippen molar-refractivity contribution in [3.63, 3.8) is 0 Å². The average Bonchev–Trinajstić information content (AvgIpc) is 3.05. The third-order valence-corrected chi connectivity index (χ3v) is 7.29. The Balaban J connectivity index is 2.05. The van der Waals surface area contributed by atoms with E-state index in [2.05, 4.69) is 4.74 Å². The summed E-state index contributed by atoms with van der Waals surface area (Å²) in [6.07, 6.45) is -11.1. The van der Waals surface area contributed by atoms with E-state index in [0.29, 0.717) is 11.1 Å². The molecule has 0 aliphatic heterocycles. The number of benzene rings is 3. The molecular weight excluding hydrogens is 795 g/mol. The van der Waals surface area contributed by atoms with Gasteiger partial charge in [0.2, 0.25) is 11.6 Å². The van der Waals surface area contributed by atoms with E-state index >= 15 is 8.78 Å². The van der Waals surface area contributed by atoms with Crippen LogP contribution < -0.4 is 14.2 Å². The standard InChI is InChI=1S/C31H18F19NO3/c1-14-3-7-16(8-4-14)53-21-18(13-51)22(54-17-9-5-15(2)6-10-17)20(33)23(19(21)32)52-12-11-24(34,35)25(36,37)26(38,39)27(40,41)28(42,43)29(44,45)30(46,47)31(48,49)50/h3-10H,11-12H2,1-2H3. The molecule has 298 valence electrons. The van der Waals surface area contributed by atoms with Crippen molar-refractivity contribution in [3.8, 4) is 34.8 Å². The summed E-state index contributed by atoms with van der Waals surface area (Å²) in [5.41, 5.74) is 0.0752. The summed E-state index contributed by atoms with van der Waals surface area (Å²) in [5.74, 6) is -67.6. The molecule has 0 fully saturated rings. The van der Waals surface area contributed by atoms with Crippen LogP contribution in [0, 0.1) is 36.8 Å². The molecule has 0 heterocycles. The lowest BCUT2D eigenvalue weighted by Gasteiger charge is -2.42. The van der Waals surface area contributed by atoms with Crippen molar-refractivity contribution in [1.29, 1.82) is 5.26 Å². The van der Waals surface area contributed by atoms with Crippen molar-refractivity contribution in [1.82, 2.24) is 0 Å². The number of nitrogens with zero attached hydrogens (tertiary/aromatic N) is 1. The quantitative estimate of drug-likeness (QED) is 0.152. The Morgan fingerprint density at radius 1 is 0.500 bits per heavy atom. The van der Waals surface area contributed by atoms with Gasteiger partial charge in [-0.3, -0.25) is 0 Å². The topological polar surface area (TPSA) is 51.5 Å². The van der Waals surface area contributed by atoms with Crippen LogP contribution in [0.15, 0.2) is 48.5 Å². The third kappa shape index (κ3) is 7.10. The van der Waals surface area contributed by atoms with Gasteiger partial charge in [0, 0.05) is 0 Å². The van der Waals surface area contributed by atoms with E-state index in [1.807, 2.05) is 0 Å². The molecule has 0 atom stereocenters. The first-order chi connectivity index (χ1) is 24.3. The molecule has 4 nitrogen and oxygen atoms in total. The van der Waals surface area contributed by atoms with Crippen LogP contribution in [0.5, 0.6) is 28.7 Å². The van der Waals surface area contributed by atoms with Gasteiger partial charge >= 0.3 is 47.6 Å². The van der Waals surface area contributed by atoms with E-state index in [1.54, 1.807) is 13.8 Å². The van der Waals surface area contributed by atoms with Crippen LogP contribution in [-0.2, 0) is 0 Å². The Hall–Kier alpha value is -4.78. The molecule has 0 aliphatic rings. The van der Waals surface area contributed by atoms with Crippen LogP contribution in [-0.4, -0.2) is 54.2 Å². The molecule has 0 aliphatic carbocycles. The van der Waals surface area contributed by atoms with Crippen LogP contribution in [0.25, 0.3) is 0 Å². The molecule has 0 saturated heterocycles. The lowest BCUT2D eigenvalue weighted by atomic mass is 9.88. The van der Waals surface area contributed by atoms with E-state index in [4.69, 9.17) is 9.47 Å². The van der Waals surface area contributed by atoms with E-state index in [9.17, 15) is 79.9 Å². The minimum atomic E-state index is -8.82. The van der Waals surface area contributed by atoms with Crippen molar-refractivity contribution in [2.24, 2.45) is 0 Å². The summed E-state index contributed by atoms with van der Waals surface area (Å²) < 4.78 is 277. The molecule has 23 heteroatoms. The third-order valence-electron chi connectivity index (χ3n) is 7.29. The molecule has 0 aromatic heterocycles. The van der Waals surface area contributed by atoms with E-state index in [0.717, 1.165) is 24.3 Å². The molecule has 3 rings (SSSR count). The van der Waals surface area contributed by atoms with Gasteiger partial charge in [-0.15, -0.1) is 0 Å². The Kier molecular flexibility index (Phi) is 11.4. The molecule has 3 aromatic rings. The molecule has 0 spiro atoms. The maximum atomic E-state index is 15.6. The minimum absolute atomic E-state index is 0.306. The number of halogens is 19. The number of alkyl halides is 17. The second-order valence-corrected chi connectivity index (χ2v) is 11.2. The molecule has 0 N–H and O–H groups in total. The zero-order valence-electron chi connectivity index (χ0n) is 26.4. The fraction of sp³-hybridized carbons (Fsp3) is 0.387. The minimum Gasteiger partial charge on any atom is -0.487 e. The zero-order valence-corrected chi connectivity index (χ0v) is 26.4. The van der Waals surface area contributed by atoms with E-state index in [1.165, 1.54) is 30.3 Å². The molecule has 3 aromatic carbocycles. The van der Waals surface area contributed by atoms with Gasteiger partial charge in [0.25, 0.3) is 0 Å². The second-order valence-electron chi connectivity index (χ2n) is 11.2. The Morgan fingerprint density at radius 2 is 0.833 bits per heavy atom. The van der Waals surface area contributed by atoms with Gasteiger partial charge in [-0.05, 0) is 38.1 Å². The monoisotopic (exact) mass is 813 g/mol. The molecule has 0 saturated carbocycles. The maximum Gasteiger partial charge on any atom is 0.460 e. The highest BCUT2D eigenvalue weighted by molar-refractivity contribution is 5.61. The van der Waals surface area contributed by atoms with Gasteiger partial charge in [-0.2, -0.15) is 88.7 Å². The van der Waals surface area contributed by atoms with Gasteiger partial charge in [0.05, 0.1) is 13.0 Å². The van der Waals surface area contributed by atoms with Crippen molar-refractivity contribution in [2.45, 2.75) is 67.9 Å². The molecule has 0 radical (unpaired) electrons. The van der Waals surface area contributed by atoms with E-state index < -0.39 is 95.1 Å². The summed E-state index contributed by atoms with van der Waals surface area (Å²) in [6.45, 7) is 0.758. The second kappa shape index (κ2) is 14.1. The summed E-state index contributed by atoms with van der Waals surface area (Å²) >= 11 is 0. The Morgan fingerprint density at radius 3 is 1.17 bits per heavy atom. The fourth-order valence-electron chi connectivity index (χ4n) is 4.13. The summed E-state index contributed by atoms with van der Waals surface area (Å²) in [7, 11) is 0. The van der Waals surface area contributed by atoms with Gasteiger partial charge in [-0.1, -0.05) is 35.4 Å². The zero-order chi connectivity index (χ0) is 41.7. The number of aryl methyl sites for hydroxylation is 2. The summed E-state index contributed by atoms with van der Waals surface area (Å²) in [5, 5.41) is 9.69. The first-order valence-electron chi connectivity index (χ1n) is 14.1. The molecule has 0 amide bonds. The Labute approximate surface area is 289 Å². The van der Waals surface area contributed by atoms with Crippen molar-refractivity contribution in [2.75, 3.05) is 6.61 Å². The fourth-order valence-corrected chi connectivity index (χ4v) is 4.13. The van der Waals surface area contributed by atoms with Crippen molar-refractivity contribution in [3.05, 3.63) is 76.9 Å². The van der Waals surface area contributed by atoms with Gasteiger partial charge < -0.3 is 14.2 Å². The van der Waals surface area contributed by atoms with Crippen LogP contribution in [0.4, 0.5) is 83.4 Å². The molecule has 0 bridgehead atoms. The normalized spacial score (nSPS) is 13.8. The van der Waals surface area contributed by atoms with Crippen molar-refractivity contribution < 1.29 is 97.6 Å². The smallest absolute Gasteiger partial charge is 0.460 e. The number of rotatable bonds is 14. The highest BCUT2D eigenvalue weighted by atomic mass is 19.4. The SMILES string of the molecule is Cc1ccc(Oc2c(F)c(OCCC(F)(F)C(F)(F)C(F)(F)C(F)(F)C(F)(F)C(F)(F)C(F)(F)C(F)(F)F)c(F)c(Oc3ccc(C)cc3)c2C#N)cc1. The van der Waals surface area contributed by atoms with Gasteiger partial charge in [-0.25, -0.2) is 0 Å². The van der Waals surface area contributed by atoms with Gasteiger partial charge in [0.1, 0.15) is 23.1 Å². The van der Waals surface area contributed by atoms with Crippen LogP contribution >= 0.6 is 0 Å². The highest BCUT2D eigenvalue weighted by Gasteiger charge is 2.95. The van der Waals surface area contributed by atoms with E-state index in [-0.39, 0.29) is 11.5 Å². The van der Waals surface area contributed by atoms with Crippen LogP contribution in [0.3, 0.4) is 0 Å². The van der Waals surface area contributed by atoms with Gasteiger partial charge in [0.15, 0.2) is 17.2 Å². The lowest BCUT2D eigenvalue weighted by molar-refractivity contribution is -0.461. The predicted molar refractivity (Wildman–Crippen MR) is 144 cm³/mol. The first kappa shape index (κ1) is 43.6. The first-order valence-corrected chi connectivity index (χ1v) is 14.1. The molecule has 0 unspecified atom stereocenters.